The number of nitrogens with zero attached hydrogens (tertiary/aromatic N) is 3. The van der Waals surface area contributed by atoms with Crippen LogP contribution < -0.4 is 10.5 Å². The van der Waals surface area contributed by atoms with E-state index < -0.39 is 15.8 Å². The van der Waals surface area contributed by atoms with Crippen LogP contribution in [0.5, 0.6) is 0 Å². The molecule has 1 rings (SSSR count). The smallest absolute Gasteiger partial charge is 0.225 e. The van der Waals surface area contributed by atoms with E-state index in [9.17, 15) is 8.42 Å². The highest BCUT2D eigenvalue weighted by Gasteiger charge is 2.11. The number of nitriles is 1. The van der Waals surface area contributed by atoms with Crippen LogP contribution in [0.2, 0.25) is 0 Å². The highest BCUT2D eigenvalue weighted by molar-refractivity contribution is 7.89. The van der Waals surface area contributed by atoms with Gasteiger partial charge in [-0.05, 0) is 0 Å². The highest BCUT2D eigenvalue weighted by Crippen LogP contribution is 2.08. The zero-order valence-corrected chi connectivity index (χ0v) is 8.95. The van der Waals surface area contributed by atoms with Crippen LogP contribution in [0, 0.1) is 11.3 Å². The standard InChI is InChI=1S/C7H11N5O2S/c1-12-7(9)6(4-10-12)5-11-15(13,14)3-2-8/h4,11H,3,5,9H2,1H3. The quantitative estimate of drug-likeness (QED) is 0.683. The highest BCUT2D eigenvalue weighted by atomic mass is 32.2. The molecule has 0 aliphatic carbocycles. The first-order chi connectivity index (χ1) is 6.96. The van der Waals surface area contributed by atoms with Gasteiger partial charge in [0.15, 0.2) is 5.75 Å². The number of aryl methyl sites for hydroxylation is 1. The minimum atomic E-state index is -3.54. The van der Waals surface area contributed by atoms with E-state index >= 15 is 0 Å². The second-order valence-corrected chi connectivity index (χ2v) is 4.72. The van der Waals surface area contributed by atoms with Crippen molar-refractivity contribution in [2.75, 3.05) is 11.5 Å². The van der Waals surface area contributed by atoms with Gasteiger partial charge in [0, 0.05) is 19.2 Å². The van der Waals surface area contributed by atoms with E-state index in [4.69, 9.17) is 11.0 Å². The van der Waals surface area contributed by atoms with E-state index in [-0.39, 0.29) is 6.54 Å². The first-order valence-corrected chi connectivity index (χ1v) is 5.72. The molecule has 0 aromatic carbocycles. The minimum absolute atomic E-state index is 0.0453. The monoisotopic (exact) mass is 229 g/mol. The average Bonchev–Trinajstić information content (AvgIpc) is 2.45. The summed E-state index contributed by atoms with van der Waals surface area (Å²) in [6.45, 7) is 0.0453. The summed E-state index contributed by atoms with van der Waals surface area (Å²) in [7, 11) is -1.89. The summed E-state index contributed by atoms with van der Waals surface area (Å²) in [5, 5.41) is 12.1. The summed E-state index contributed by atoms with van der Waals surface area (Å²) in [5.41, 5.74) is 6.19. The van der Waals surface area contributed by atoms with Crippen LogP contribution in [0.4, 0.5) is 5.82 Å². The van der Waals surface area contributed by atoms with Crippen molar-refractivity contribution in [2.24, 2.45) is 7.05 Å². The summed E-state index contributed by atoms with van der Waals surface area (Å²) in [5.74, 6) is -0.165. The lowest BCUT2D eigenvalue weighted by atomic mass is 10.3. The molecule has 0 radical (unpaired) electrons. The van der Waals surface area contributed by atoms with Gasteiger partial charge in [-0.2, -0.15) is 10.4 Å². The Morgan fingerprint density at radius 3 is 2.87 bits per heavy atom. The fraction of sp³-hybridized carbons (Fsp3) is 0.429. The average molecular weight is 229 g/mol. The Hall–Kier alpha value is -1.59. The van der Waals surface area contributed by atoms with E-state index in [1.165, 1.54) is 10.9 Å². The van der Waals surface area contributed by atoms with Crippen molar-refractivity contribution in [3.05, 3.63) is 11.8 Å². The molecule has 0 amide bonds. The van der Waals surface area contributed by atoms with Gasteiger partial charge in [0.25, 0.3) is 0 Å². The first kappa shape index (κ1) is 11.5. The van der Waals surface area contributed by atoms with Gasteiger partial charge in [-0.3, -0.25) is 4.68 Å². The predicted molar refractivity (Wildman–Crippen MR) is 53.9 cm³/mol. The van der Waals surface area contributed by atoms with E-state index in [0.29, 0.717) is 11.4 Å². The third-order valence-corrected chi connectivity index (χ3v) is 2.89. The maximum absolute atomic E-state index is 11.1. The molecule has 7 nitrogen and oxygen atoms in total. The molecule has 8 heteroatoms. The second-order valence-electron chi connectivity index (χ2n) is 2.92. The van der Waals surface area contributed by atoms with Gasteiger partial charge in [0.1, 0.15) is 5.82 Å². The summed E-state index contributed by atoms with van der Waals surface area (Å²) in [6.07, 6.45) is 1.48. The number of nitrogen functional groups attached to an aromatic ring is 1. The van der Waals surface area contributed by atoms with Gasteiger partial charge in [-0.1, -0.05) is 0 Å². The van der Waals surface area contributed by atoms with Crippen LogP contribution in [0.1, 0.15) is 5.56 Å². The largest absolute Gasteiger partial charge is 0.384 e. The lowest BCUT2D eigenvalue weighted by Crippen LogP contribution is -2.25. The molecule has 82 valence electrons. The Bertz CT molecular complexity index is 484. The molecule has 15 heavy (non-hydrogen) atoms. The van der Waals surface area contributed by atoms with Gasteiger partial charge in [0.05, 0.1) is 12.3 Å². The van der Waals surface area contributed by atoms with Crippen LogP contribution in [-0.4, -0.2) is 24.0 Å². The van der Waals surface area contributed by atoms with E-state index in [1.54, 1.807) is 13.1 Å². The van der Waals surface area contributed by atoms with Crippen molar-refractivity contribution in [3.8, 4) is 6.07 Å². The van der Waals surface area contributed by atoms with Crippen molar-refractivity contribution >= 4 is 15.8 Å². The molecular weight excluding hydrogens is 218 g/mol. The van der Waals surface area contributed by atoms with Crippen molar-refractivity contribution in [2.45, 2.75) is 6.54 Å². The normalized spacial score (nSPS) is 11.2. The van der Waals surface area contributed by atoms with Crippen molar-refractivity contribution < 1.29 is 8.42 Å². The zero-order chi connectivity index (χ0) is 11.5. The van der Waals surface area contributed by atoms with E-state index in [1.807, 2.05) is 0 Å². The molecule has 1 aromatic rings. The van der Waals surface area contributed by atoms with Gasteiger partial charge >= 0.3 is 0 Å². The number of hydrogen-bond acceptors (Lipinski definition) is 5. The van der Waals surface area contributed by atoms with Crippen LogP contribution in [0.25, 0.3) is 0 Å². The van der Waals surface area contributed by atoms with E-state index in [0.717, 1.165) is 0 Å². The van der Waals surface area contributed by atoms with Crippen LogP contribution in [-0.2, 0) is 23.6 Å². The molecule has 0 spiro atoms. The molecule has 0 bridgehead atoms. The first-order valence-electron chi connectivity index (χ1n) is 4.07. The summed E-state index contributed by atoms with van der Waals surface area (Å²) in [4.78, 5) is 0. The van der Waals surface area contributed by atoms with Crippen molar-refractivity contribution in [1.29, 1.82) is 5.26 Å². The molecule has 1 heterocycles. The van der Waals surface area contributed by atoms with Gasteiger partial charge in [-0.25, -0.2) is 13.1 Å². The number of aromatic nitrogens is 2. The Morgan fingerprint density at radius 1 is 1.73 bits per heavy atom. The topological polar surface area (TPSA) is 114 Å². The molecule has 0 unspecified atom stereocenters. The number of sulfonamides is 1. The fourth-order valence-electron chi connectivity index (χ4n) is 0.952. The number of nitrogens with two attached hydrogens (primary N) is 1. The third-order valence-electron chi connectivity index (χ3n) is 1.80. The molecule has 0 aliphatic rings. The second kappa shape index (κ2) is 4.29. The third kappa shape index (κ3) is 2.93. The van der Waals surface area contributed by atoms with Crippen molar-refractivity contribution in [3.63, 3.8) is 0 Å². The summed E-state index contributed by atoms with van der Waals surface area (Å²) in [6, 6.07) is 1.56. The number of hydrogen-bond donors (Lipinski definition) is 2. The maximum atomic E-state index is 11.1. The number of rotatable bonds is 4. The van der Waals surface area contributed by atoms with Crippen LogP contribution in [0.3, 0.4) is 0 Å². The maximum Gasteiger partial charge on any atom is 0.225 e. The molecule has 0 saturated carbocycles. The molecule has 0 fully saturated rings. The van der Waals surface area contributed by atoms with Crippen LogP contribution >= 0.6 is 0 Å². The van der Waals surface area contributed by atoms with Gasteiger partial charge < -0.3 is 5.73 Å². The zero-order valence-electron chi connectivity index (χ0n) is 8.14. The summed E-state index contributed by atoms with van der Waals surface area (Å²) < 4.78 is 25.9. The number of anilines is 1. The molecule has 0 saturated heterocycles. The Labute approximate surface area is 87.5 Å². The lowest BCUT2D eigenvalue weighted by molar-refractivity contribution is 0.585. The lowest BCUT2D eigenvalue weighted by Gasteiger charge is -2.02. The fourth-order valence-corrected chi connectivity index (χ4v) is 1.60. The van der Waals surface area contributed by atoms with E-state index in [2.05, 4.69) is 9.82 Å². The number of nitrogens with one attached hydrogen (secondary N) is 1. The molecule has 1 aromatic heterocycles. The molecule has 3 N–H and O–H groups in total. The Morgan fingerprint density at radius 2 is 2.40 bits per heavy atom. The summed E-state index contributed by atoms with van der Waals surface area (Å²) >= 11 is 0. The van der Waals surface area contributed by atoms with Gasteiger partial charge in [-0.15, -0.1) is 0 Å². The van der Waals surface area contributed by atoms with Crippen LogP contribution in [0.15, 0.2) is 6.20 Å². The Kier molecular flexibility index (Phi) is 3.28. The molecule has 0 aliphatic heterocycles. The SMILES string of the molecule is Cn1ncc(CNS(=O)(=O)CC#N)c1N. The van der Waals surface area contributed by atoms with Gasteiger partial charge in [0.2, 0.25) is 10.0 Å². The van der Waals surface area contributed by atoms with Crippen molar-refractivity contribution in [1.82, 2.24) is 14.5 Å². The molecule has 0 atom stereocenters. The predicted octanol–water partition coefficient (Wildman–Crippen LogP) is -1.05. The molecular formula is C7H11N5O2S. The minimum Gasteiger partial charge on any atom is -0.384 e. The Balaban J connectivity index is 2.67.